The molecule has 6 nitrogen and oxygen atoms in total. The summed E-state index contributed by atoms with van der Waals surface area (Å²) >= 11 is 0. The minimum Gasteiger partial charge on any atom is -0.450 e. The molecule has 2 heterocycles. The lowest BCUT2D eigenvalue weighted by atomic mass is 9.78. The Morgan fingerprint density at radius 3 is 2.24 bits per heavy atom. The molecular formula is C19H33N3O3. The lowest BCUT2D eigenvalue weighted by molar-refractivity contribution is -0.129. The van der Waals surface area contributed by atoms with Gasteiger partial charge in [0.2, 0.25) is 5.91 Å². The van der Waals surface area contributed by atoms with E-state index in [9.17, 15) is 9.59 Å². The highest BCUT2D eigenvalue weighted by Crippen LogP contribution is 2.32. The first-order valence-electron chi connectivity index (χ1n) is 9.98. The highest BCUT2D eigenvalue weighted by atomic mass is 16.6. The van der Waals surface area contributed by atoms with Crippen molar-refractivity contribution in [2.24, 2.45) is 5.92 Å². The number of amides is 2. The lowest BCUT2D eigenvalue weighted by Gasteiger charge is -2.43. The van der Waals surface area contributed by atoms with Crippen LogP contribution in [-0.4, -0.2) is 66.2 Å². The Hall–Kier alpha value is -1.30. The zero-order valence-electron chi connectivity index (χ0n) is 15.8. The van der Waals surface area contributed by atoms with Gasteiger partial charge in [-0.25, -0.2) is 4.79 Å². The van der Waals surface area contributed by atoms with E-state index in [1.807, 2.05) is 11.8 Å². The second-order valence-corrected chi connectivity index (χ2v) is 8.13. The molecule has 3 rings (SSSR count). The van der Waals surface area contributed by atoms with Gasteiger partial charge in [-0.05, 0) is 71.9 Å². The van der Waals surface area contributed by atoms with Crippen LogP contribution in [0.1, 0.15) is 58.8 Å². The van der Waals surface area contributed by atoms with Crippen molar-refractivity contribution in [2.45, 2.75) is 70.4 Å². The van der Waals surface area contributed by atoms with Gasteiger partial charge in [0, 0.05) is 30.6 Å². The zero-order chi connectivity index (χ0) is 17.9. The summed E-state index contributed by atoms with van der Waals surface area (Å²) in [5.74, 6) is 0.437. The Morgan fingerprint density at radius 1 is 1.08 bits per heavy atom. The molecule has 0 radical (unpaired) electrons. The van der Waals surface area contributed by atoms with Crippen LogP contribution in [0.15, 0.2) is 0 Å². The van der Waals surface area contributed by atoms with Crippen molar-refractivity contribution in [1.29, 1.82) is 0 Å². The second kappa shape index (κ2) is 7.94. The molecule has 2 saturated heterocycles. The molecule has 0 bridgehead atoms. The number of carbonyl (C=O) groups excluding carboxylic acids is 2. The van der Waals surface area contributed by atoms with E-state index in [0.29, 0.717) is 12.6 Å². The smallest absolute Gasteiger partial charge is 0.409 e. The Morgan fingerprint density at radius 2 is 1.72 bits per heavy atom. The Bertz CT molecular complexity index is 476. The standard InChI is InChI=1S/C19H33N3O3/c1-3-25-18(24)22-13-7-16(8-14-22)21-11-5-15(6-12-21)17(23)20-19(2)9-4-10-19/h15-16H,3-14H2,1-2H3,(H,20,23). The molecule has 1 N–H and O–H groups in total. The van der Waals surface area contributed by atoms with Crippen LogP contribution < -0.4 is 5.32 Å². The van der Waals surface area contributed by atoms with Gasteiger partial charge in [-0.15, -0.1) is 0 Å². The quantitative estimate of drug-likeness (QED) is 0.845. The molecule has 3 aliphatic rings. The SMILES string of the molecule is CCOC(=O)N1CCC(N2CCC(C(=O)NC3(C)CCC3)CC2)CC1. The number of nitrogens with zero attached hydrogens (tertiary/aromatic N) is 2. The average molecular weight is 351 g/mol. The molecule has 3 fully saturated rings. The fourth-order valence-electron chi connectivity index (χ4n) is 4.39. The van der Waals surface area contributed by atoms with E-state index in [4.69, 9.17) is 4.74 Å². The third-order valence-electron chi connectivity index (χ3n) is 6.29. The molecule has 0 atom stereocenters. The van der Waals surface area contributed by atoms with Crippen molar-refractivity contribution < 1.29 is 14.3 Å². The molecule has 25 heavy (non-hydrogen) atoms. The highest BCUT2D eigenvalue weighted by Gasteiger charge is 2.37. The third kappa shape index (κ3) is 4.46. The first kappa shape index (κ1) is 18.5. The maximum atomic E-state index is 12.5. The van der Waals surface area contributed by atoms with Crippen LogP contribution in [0.4, 0.5) is 4.79 Å². The molecule has 0 aromatic heterocycles. The number of nitrogens with one attached hydrogen (secondary N) is 1. The summed E-state index contributed by atoms with van der Waals surface area (Å²) in [6.07, 6.45) is 7.23. The molecular weight excluding hydrogens is 318 g/mol. The van der Waals surface area contributed by atoms with E-state index in [2.05, 4.69) is 17.1 Å². The molecule has 0 spiro atoms. The van der Waals surface area contributed by atoms with Crippen molar-refractivity contribution >= 4 is 12.0 Å². The predicted octanol–water partition coefficient (Wildman–Crippen LogP) is 2.38. The van der Waals surface area contributed by atoms with Crippen LogP contribution in [0, 0.1) is 5.92 Å². The van der Waals surface area contributed by atoms with E-state index in [0.717, 1.165) is 64.7 Å². The van der Waals surface area contributed by atoms with Crippen molar-refractivity contribution in [1.82, 2.24) is 15.1 Å². The van der Waals surface area contributed by atoms with Crippen molar-refractivity contribution in [2.75, 3.05) is 32.8 Å². The van der Waals surface area contributed by atoms with Gasteiger partial charge in [0.1, 0.15) is 0 Å². The molecule has 2 amide bonds. The first-order valence-corrected chi connectivity index (χ1v) is 9.98. The van der Waals surface area contributed by atoms with Gasteiger partial charge >= 0.3 is 6.09 Å². The van der Waals surface area contributed by atoms with E-state index >= 15 is 0 Å². The molecule has 1 aliphatic carbocycles. The molecule has 0 aromatic rings. The van der Waals surface area contributed by atoms with Gasteiger partial charge in [-0.3, -0.25) is 4.79 Å². The summed E-state index contributed by atoms with van der Waals surface area (Å²) in [7, 11) is 0. The average Bonchev–Trinajstić information content (AvgIpc) is 2.61. The summed E-state index contributed by atoms with van der Waals surface area (Å²) < 4.78 is 5.09. The van der Waals surface area contributed by atoms with Crippen LogP contribution in [0.3, 0.4) is 0 Å². The monoisotopic (exact) mass is 351 g/mol. The minimum atomic E-state index is -0.180. The summed E-state index contributed by atoms with van der Waals surface area (Å²) in [6.45, 7) is 8.01. The molecule has 1 saturated carbocycles. The number of carbonyl (C=O) groups is 2. The maximum Gasteiger partial charge on any atom is 0.409 e. The number of piperidine rings is 2. The summed E-state index contributed by atoms with van der Waals surface area (Å²) in [4.78, 5) is 28.6. The number of hydrogen-bond donors (Lipinski definition) is 1. The van der Waals surface area contributed by atoms with Gasteiger partial charge < -0.3 is 19.9 Å². The fourth-order valence-corrected chi connectivity index (χ4v) is 4.39. The van der Waals surface area contributed by atoms with Gasteiger partial charge in [0.25, 0.3) is 0 Å². The Labute approximate surface area is 151 Å². The second-order valence-electron chi connectivity index (χ2n) is 8.13. The number of ether oxygens (including phenoxy) is 1. The molecule has 142 valence electrons. The van der Waals surface area contributed by atoms with Gasteiger partial charge in [-0.2, -0.15) is 0 Å². The van der Waals surface area contributed by atoms with Crippen LogP contribution >= 0.6 is 0 Å². The third-order valence-corrected chi connectivity index (χ3v) is 6.29. The molecule has 0 aromatic carbocycles. The molecule has 2 aliphatic heterocycles. The normalized spacial score (nSPS) is 25.3. The molecule has 6 heteroatoms. The largest absolute Gasteiger partial charge is 0.450 e. The minimum absolute atomic E-state index is 0.0636. The summed E-state index contributed by atoms with van der Waals surface area (Å²) in [5, 5.41) is 3.27. The first-order chi connectivity index (χ1) is 12.0. The predicted molar refractivity (Wildman–Crippen MR) is 96.3 cm³/mol. The van der Waals surface area contributed by atoms with Gasteiger partial charge in [-0.1, -0.05) is 0 Å². The summed E-state index contributed by atoms with van der Waals surface area (Å²) in [5.41, 5.74) is 0.0636. The van der Waals surface area contributed by atoms with Crippen LogP contribution in [0.25, 0.3) is 0 Å². The highest BCUT2D eigenvalue weighted by molar-refractivity contribution is 5.79. The van der Waals surface area contributed by atoms with E-state index < -0.39 is 0 Å². The van der Waals surface area contributed by atoms with Crippen LogP contribution in [-0.2, 0) is 9.53 Å². The molecule has 0 unspecified atom stereocenters. The Balaban J connectivity index is 1.39. The van der Waals surface area contributed by atoms with E-state index in [1.54, 1.807) is 0 Å². The topological polar surface area (TPSA) is 61.9 Å². The number of likely N-dealkylation sites (tertiary alicyclic amines) is 2. The zero-order valence-corrected chi connectivity index (χ0v) is 15.8. The maximum absolute atomic E-state index is 12.5. The van der Waals surface area contributed by atoms with Gasteiger partial charge in [0.05, 0.1) is 6.61 Å². The van der Waals surface area contributed by atoms with E-state index in [-0.39, 0.29) is 23.5 Å². The van der Waals surface area contributed by atoms with Crippen molar-refractivity contribution in [3.63, 3.8) is 0 Å². The van der Waals surface area contributed by atoms with Gasteiger partial charge in [0.15, 0.2) is 0 Å². The summed E-state index contributed by atoms with van der Waals surface area (Å²) in [6, 6.07) is 0.541. The van der Waals surface area contributed by atoms with Crippen molar-refractivity contribution in [3.8, 4) is 0 Å². The lowest BCUT2D eigenvalue weighted by Crippen LogP contribution is -2.54. The number of hydrogen-bond acceptors (Lipinski definition) is 4. The number of rotatable bonds is 4. The fraction of sp³-hybridized carbons (Fsp3) is 0.895. The van der Waals surface area contributed by atoms with E-state index in [1.165, 1.54) is 6.42 Å². The Kier molecular flexibility index (Phi) is 5.87. The van der Waals surface area contributed by atoms with Crippen LogP contribution in [0.5, 0.6) is 0 Å². The van der Waals surface area contributed by atoms with Crippen LogP contribution in [0.2, 0.25) is 0 Å². The van der Waals surface area contributed by atoms with Crippen molar-refractivity contribution in [3.05, 3.63) is 0 Å².